The first kappa shape index (κ1) is 11.5. The van der Waals surface area contributed by atoms with Gasteiger partial charge in [-0.3, -0.25) is 4.79 Å². The van der Waals surface area contributed by atoms with Crippen molar-refractivity contribution in [1.29, 1.82) is 0 Å². The maximum atomic E-state index is 10.8. The maximum absolute atomic E-state index is 10.8. The summed E-state index contributed by atoms with van der Waals surface area (Å²) in [5.41, 5.74) is -0.740. The number of carboxylic acid groups (broad SMARTS) is 1. The first-order valence-electron chi connectivity index (χ1n) is 4.13. The molecular weight excluding hydrogens is 266 g/mol. The van der Waals surface area contributed by atoms with Crippen LogP contribution in [0.15, 0.2) is 15.9 Å². The molecule has 1 rings (SSSR count). The standard InChI is InChI=1S/C9H12BrNO2S/c1-9(2,8(12)13)5-11-7-3-6(10)4-14-7/h3-4,11H,5H2,1-2H3,(H,12,13). The van der Waals surface area contributed by atoms with Gasteiger partial charge in [0.25, 0.3) is 0 Å². The van der Waals surface area contributed by atoms with E-state index in [2.05, 4.69) is 21.2 Å². The van der Waals surface area contributed by atoms with Crippen molar-refractivity contribution in [3.63, 3.8) is 0 Å². The van der Waals surface area contributed by atoms with Crippen LogP contribution in [0, 0.1) is 5.41 Å². The van der Waals surface area contributed by atoms with Gasteiger partial charge in [0.15, 0.2) is 0 Å². The molecule has 14 heavy (non-hydrogen) atoms. The lowest BCUT2D eigenvalue weighted by atomic mass is 9.94. The van der Waals surface area contributed by atoms with Gasteiger partial charge in [-0.15, -0.1) is 11.3 Å². The van der Waals surface area contributed by atoms with Gasteiger partial charge in [-0.05, 0) is 35.8 Å². The summed E-state index contributed by atoms with van der Waals surface area (Å²) in [6.07, 6.45) is 0. The van der Waals surface area contributed by atoms with Crippen molar-refractivity contribution in [2.75, 3.05) is 11.9 Å². The van der Waals surface area contributed by atoms with Crippen LogP contribution in [0.5, 0.6) is 0 Å². The van der Waals surface area contributed by atoms with Crippen LogP contribution >= 0.6 is 27.3 Å². The maximum Gasteiger partial charge on any atom is 0.310 e. The molecule has 0 amide bonds. The summed E-state index contributed by atoms with van der Waals surface area (Å²) in [7, 11) is 0. The van der Waals surface area contributed by atoms with Crippen molar-refractivity contribution in [2.24, 2.45) is 5.41 Å². The zero-order chi connectivity index (χ0) is 10.8. The minimum Gasteiger partial charge on any atom is -0.481 e. The summed E-state index contributed by atoms with van der Waals surface area (Å²) in [5.74, 6) is -0.791. The first-order valence-corrected chi connectivity index (χ1v) is 5.80. The highest BCUT2D eigenvalue weighted by atomic mass is 79.9. The van der Waals surface area contributed by atoms with Crippen LogP contribution in [-0.4, -0.2) is 17.6 Å². The van der Waals surface area contributed by atoms with E-state index >= 15 is 0 Å². The highest BCUT2D eigenvalue weighted by Gasteiger charge is 2.26. The summed E-state index contributed by atoms with van der Waals surface area (Å²) in [4.78, 5) is 10.8. The summed E-state index contributed by atoms with van der Waals surface area (Å²) >= 11 is 4.89. The molecule has 0 spiro atoms. The second-order valence-corrected chi connectivity index (χ2v) is 5.50. The Morgan fingerprint density at radius 3 is 2.79 bits per heavy atom. The first-order chi connectivity index (χ1) is 6.42. The molecule has 0 radical (unpaired) electrons. The van der Waals surface area contributed by atoms with Crippen molar-refractivity contribution >= 4 is 38.2 Å². The molecule has 1 aromatic rings. The number of hydrogen-bond donors (Lipinski definition) is 2. The van der Waals surface area contributed by atoms with Crippen molar-refractivity contribution < 1.29 is 9.90 Å². The van der Waals surface area contributed by atoms with E-state index in [1.54, 1.807) is 25.2 Å². The molecule has 0 saturated carbocycles. The van der Waals surface area contributed by atoms with Crippen LogP contribution < -0.4 is 5.32 Å². The Morgan fingerprint density at radius 1 is 1.71 bits per heavy atom. The molecule has 0 aliphatic heterocycles. The highest BCUT2D eigenvalue weighted by Crippen LogP contribution is 2.26. The van der Waals surface area contributed by atoms with Gasteiger partial charge in [0.05, 0.1) is 10.4 Å². The van der Waals surface area contributed by atoms with E-state index in [4.69, 9.17) is 5.11 Å². The van der Waals surface area contributed by atoms with E-state index in [9.17, 15) is 4.79 Å². The second kappa shape index (κ2) is 4.31. The molecule has 2 N–H and O–H groups in total. The predicted molar refractivity (Wildman–Crippen MR) is 61.9 cm³/mol. The number of nitrogens with one attached hydrogen (secondary N) is 1. The number of rotatable bonds is 4. The number of halogens is 1. The van der Waals surface area contributed by atoms with Crippen molar-refractivity contribution in [3.05, 3.63) is 15.9 Å². The fraction of sp³-hybridized carbons (Fsp3) is 0.444. The third kappa shape index (κ3) is 2.99. The third-order valence-electron chi connectivity index (χ3n) is 1.85. The average Bonchev–Trinajstić information content (AvgIpc) is 2.48. The van der Waals surface area contributed by atoms with E-state index in [1.165, 1.54) is 0 Å². The molecule has 5 heteroatoms. The third-order valence-corrected chi connectivity index (χ3v) is 3.50. The van der Waals surface area contributed by atoms with E-state index < -0.39 is 11.4 Å². The second-order valence-electron chi connectivity index (χ2n) is 3.67. The van der Waals surface area contributed by atoms with Crippen LogP contribution in [0.2, 0.25) is 0 Å². The Kier molecular flexibility index (Phi) is 3.55. The molecule has 1 heterocycles. The fourth-order valence-electron chi connectivity index (χ4n) is 0.789. The monoisotopic (exact) mass is 277 g/mol. The molecule has 78 valence electrons. The SMILES string of the molecule is CC(C)(CNc1cc(Br)cs1)C(=O)O. The fourth-order valence-corrected chi connectivity index (χ4v) is 2.11. The van der Waals surface area contributed by atoms with E-state index in [0.29, 0.717) is 6.54 Å². The van der Waals surface area contributed by atoms with Gasteiger partial charge in [-0.2, -0.15) is 0 Å². The van der Waals surface area contributed by atoms with Gasteiger partial charge in [-0.25, -0.2) is 0 Å². The molecule has 1 aromatic heterocycles. The molecule has 0 aliphatic carbocycles. The zero-order valence-corrected chi connectivity index (χ0v) is 10.4. The number of anilines is 1. The molecule has 0 aromatic carbocycles. The lowest BCUT2D eigenvalue weighted by Gasteiger charge is -2.19. The number of thiophene rings is 1. The van der Waals surface area contributed by atoms with Crippen molar-refractivity contribution in [3.8, 4) is 0 Å². The average molecular weight is 278 g/mol. The highest BCUT2D eigenvalue weighted by molar-refractivity contribution is 9.10. The number of hydrogen-bond acceptors (Lipinski definition) is 3. The van der Waals surface area contributed by atoms with Crippen LogP contribution in [0.3, 0.4) is 0 Å². The molecule has 0 atom stereocenters. The lowest BCUT2D eigenvalue weighted by molar-refractivity contribution is -0.146. The van der Waals surface area contributed by atoms with Crippen LogP contribution in [-0.2, 0) is 4.79 Å². The zero-order valence-electron chi connectivity index (χ0n) is 8.00. The lowest BCUT2D eigenvalue weighted by Crippen LogP contribution is -2.31. The van der Waals surface area contributed by atoms with Gasteiger partial charge in [0.1, 0.15) is 0 Å². The molecule has 0 unspecified atom stereocenters. The summed E-state index contributed by atoms with van der Waals surface area (Å²) in [6, 6.07) is 1.93. The molecule has 0 fully saturated rings. The molecule has 0 aliphatic rings. The number of carboxylic acids is 1. The van der Waals surface area contributed by atoms with Gasteiger partial charge < -0.3 is 10.4 Å². The summed E-state index contributed by atoms with van der Waals surface area (Å²) in [6.45, 7) is 3.82. The number of carbonyl (C=O) groups is 1. The minimum atomic E-state index is -0.791. The molecular formula is C9H12BrNO2S. The van der Waals surface area contributed by atoms with Crippen LogP contribution in [0.25, 0.3) is 0 Å². The largest absolute Gasteiger partial charge is 0.481 e. The smallest absolute Gasteiger partial charge is 0.310 e. The van der Waals surface area contributed by atoms with Crippen molar-refractivity contribution in [2.45, 2.75) is 13.8 Å². The van der Waals surface area contributed by atoms with E-state index in [0.717, 1.165) is 9.47 Å². The Hall–Kier alpha value is -0.550. The van der Waals surface area contributed by atoms with Crippen LogP contribution in [0.4, 0.5) is 5.00 Å². The van der Waals surface area contributed by atoms with E-state index in [-0.39, 0.29) is 0 Å². The topological polar surface area (TPSA) is 49.3 Å². The van der Waals surface area contributed by atoms with Crippen LogP contribution in [0.1, 0.15) is 13.8 Å². The normalized spacial score (nSPS) is 11.4. The van der Waals surface area contributed by atoms with E-state index in [1.807, 2.05) is 11.4 Å². The molecule has 0 saturated heterocycles. The van der Waals surface area contributed by atoms with Crippen molar-refractivity contribution in [1.82, 2.24) is 0 Å². The minimum absolute atomic E-state index is 0.426. The Labute approximate surface area is 95.3 Å². The summed E-state index contributed by atoms with van der Waals surface area (Å²) < 4.78 is 1.01. The van der Waals surface area contributed by atoms with Gasteiger partial charge in [-0.1, -0.05) is 0 Å². The number of aliphatic carboxylic acids is 1. The summed E-state index contributed by atoms with van der Waals surface area (Å²) in [5, 5.41) is 14.9. The quantitative estimate of drug-likeness (QED) is 0.890. The Bertz CT molecular complexity index is 335. The predicted octanol–water partition coefficient (Wildman–Crippen LogP) is 3.03. The van der Waals surface area contributed by atoms with Gasteiger partial charge in [0, 0.05) is 16.4 Å². The van der Waals surface area contributed by atoms with Gasteiger partial charge >= 0.3 is 5.97 Å². The Balaban J connectivity index is 2.52. The molecule has 0 bridgehead atoms. The van der Waals surface area contributed by atoms with Gasteiger partial charge in [0.2, 0.25) is 0 Å². The Morgan fingerprint density at radius 2 is 2.36 bits per heavy atom. The molecule has 3 nitrogen and oxygen atoms in total.